The van der Waals surface area contributed by atoms with Gasteiger partial charge in [0.2, 0.25) is 0 Å². The van der Waals surface area contributed by atoms with Gasteiger partial charge in [-0.2, -0.15) is 0 Å². The second-order valence-corrected chi connectivity index (χ2v) is 5.35. The molecule has 1 aromatic heterocycles. The summed E-state index contributed by atoms with van der Waals surface area (Å²) in [4.78, 5) is 5.03. The van der Waals surface area contributed by atoms with Gasteiger partial charge < -0.3 is 14.6 Å². The number of hydrogen-bond donors (Lipinski definition) is 1. The van der Waals surface area contributed by atoms with Crippen LogP contribution in [0.5, 0.6) is 11.5 Å². The van der Waals surface area contributed by atoms with Gasteiger partial charge in [-0.05, 0) is 33.6 Å². The Morgan fingerprint density at radius 2 is 2.28 bits per heavy atom. The first kappa shape index (κ1) is 13.3. The van der Waals surface area contributed by atoms with E-state index in [1.807, 2.05) is 6.07 Å². The minimum Gasteiger partial charge on any atom is -0.493 e. The van der Waals surface area contributed by atoms with Crippen molar-refractivity contribution >= 4 is 27.3 Å². The minimum absolute atomic E-state index is 0.0376. The van der Waals surface area contributed by atoms with Crippen molar-refractivity contribution in [1.82, 2.24) is 4.98 Å². The first-order chi connectivity index (χ1) is 8.74. The molecule has 6 heteroatoms. The maximum atomic E-state index is 9.13. The third-order valence-corrected chi connectivity index (χ3v) is 3.66. The zero-order chi connectivity index (χ0) is 13.0. The molecule has 0 spiro atoms. The quantitative estimate of drug-likeness (QED) is 0.916. The Bertz CT molecular complexity index is 516. The summed E-state index contributed by atoms with van der Waals surface area (Å²) in [6.45, 7) is 0.405. The Hall–Kier alpha value is -1.11. The lowest BCUT2D eigenvalue weighted by molar-refractivity contribution is 0.274. The summed E-state index contributed by atoms with van der Waals surface area (Å²) in [7, 11) is 1.57. The minimum atomic E-state index is -0.0376. The highest BCUT2D eigenvalue weighted by Crippen LogP contribution is 2.37. The van der Waals surface area contributed by atoms with Crippen LogP contribution in [0.2, 0.25) is 0 Å². The molecule has 2 rings (SSSR count). The van der Waals surface area contributed by atoms with Gasteiger partial charge in [-0.3, -0.25) is 4.98 Å². The highest BCUT2D eigenvalue weighted by Gasteiger charge is 2.12. The predicted octanol–water partition coefficient (Wildman–Crippen LogP) is 2.99. The number of nitrogens with zero attached hydrogens (tertiary/aromatic N) is 1. The van der Waals surface area contributed by atoms with Gasteiger partial charge in [-0.15, -0.1) is 11.3 Å². The summed E-state index contributed by atoms with van der Waals surface area (Å²) in [5, 5.41) is 9.13. The van der Waals surface area contributed by atoms with Crippen LogP contribution < -0.4 is 9.47 Å². The molecule has 18 heavy (non-hydrogen) atoms. The van der Waals surface area contributed by atoms with E-state index in [0.717, 1.165) is 14.9 Å². The van der Waals surface area contributed by atoms with Crippen molar-refractivity contribution < 1.29 is 14.6 Å². The molecule has 1 aromatic carbocycles. The SMILES string of the molecule is COc1cc(CO)cc(Br)c1OCc1cncs1. The van der Waals surface area contributed by atoms with Crippen molar-refractivity contribution in [1.29, 1.82) is 0 Å². The van der Waals surface area contributed by atoms with E-state index in [-0.39, 0.29) is 6.61 Å². The number of rotatable bonds is 5. The second kappa shape index (κ2) is 6.17. The number of halogens is 1. The molecular formula is C12H12BrNO3S. The largest absolute Gasteiger partial charge is 0.493 e. The van der Waals surface area contributed by atoms with Crippen molar-refractivity contribution in [3.63, 3.8) is 0 Å². The molecule has 1 N–H and O–H groups in total. The molecule has 0 aliphatic rings. The smallest absolute Gasteiger partial charge is 0.175 e. The normalized spacial score (nSPS) is 10.4. The summed E-state index contributed by atoms with van der Waals surface area (Å²) in [5.41, 5.74) is 2.53. The fourth-order valence-corrected chi connectivity index (χ4v) is 2.57. The molecule has 1 heterocycles. The van der Waals surface area contributed by atoms with Crippen LogP contribution in [0.25, 0.3) is 0 Å². The fourth-order valence-electron chi connectivity index (χ4n) is 1.46. The monoisotopic (exact) mass is 329 g/mol. The molecule has 0 saturated heterocycles. The first-order valence-electron chi connectivity index (χ1n) is 5.22. The van der Waals surface area contributed by atoms with Gasteiger partial charge in [0.25, 0.3) is 0 Å². The van der Waals surface area contributed by atoms with Crippen LogP contribution >= 0.6 is 27.3 Å². The van der Waals surface area contributed by atoms with E-state index >= 15 is 0 Å². The Morgan fingerprint density at radius 3 is 2.89 bits per heavy atom. The van der Waals surface area contributed by atoms with Crippen LogP contribution in [-0.4, -0.2) is 17.2 Å². The summed E-state index contributed by atoms with van der Waals surface area (Å²) in [6.07, 6.45) is 1.77. The summed E-state index contributed by atoms with van der Waals surface area (Å²) in [5.74, 6) is 1.22. The maximum absolute atomic E-state index is 9.13. The van der Waals surface area contributed by atoms with Crippen LogP contribution in [0.4, 0.5) is 0 Å². The van der Waals surface area contributed by atoms with E-state index in [0.29, 0.717) is 18.1 Å². The molecule has 0 atom stereocenters. The van der Waals surface area contributed by atoms with Crippen molar-refractivity contribution in [2.75, 3.05) is 7.11 Å². The van der Waals surface area contributed by atoms with Crippen LogP contribution in [-0.2, 0) is 13.2 Å². The van der Waals surface area contributed by atoms with E-state index in [2.05, 4.69) is 20.9 Å². The molecule has 0 amide bonds. The predicted molar refractivity (Wildman–Crippen MR) is 73.1 cm³/mol. The van der Waals surface area contributed by atoms with Crippen LogP contribution in [0.15, 0.2) is 28.3 Å². The van der Waals surface area contributed by atoms with Crippen molar-refractivity contribution in [2.24, 2.45) is 0 Å². The molecule has 96 valence electrons. The number of thiazole rings is 1. The summed E-state index contributed by atoms with van der Waals surface area (Å²) in [6, 6.07) is 3.57. The highest BCUT2D eigenvalue weighted by molar-refractivity contribution is 9.10. The van der Waals surface area contributed by atoms with Gasteiger partial charge in [0.1, 0.15) is 6.61 Å². The van der Waals surface area contributed by atoms with Crippen LogP contribution in [0, 0.1) is 0 Å². The van der Waals surface area contributed by atoms with Gasteiger partial charge in [0, 0.05) is 6.20 Å². The van der Waals surface area contributed by atoms with Crippen molar-refractivity contribution in [3.8, 4) is 11.5 Å². The molecule has 0 bridgehead atoms. The third kappa shape index (κ3) is 3.01. The number of aromatic nitrogens is 1. The first-order valence-corrected chi connectivity index (χ1v) is 6.89. The van der Waals surface area contributed by atoms with E-state index < -0.39 is 0 Å². The Balaban J connectivity index is 2.20. The van der Waals surface area contributed by atoms with Crippen LogP contribution in [0.3, 0.4) is 0 Å². The average Bonchev–Trinajstić information content (AvgIpc) is 2.89. The number of aliphatic hydroxyl groups excluding tert-OH is 1. The van der Waals surface area contributed by atoms with Crippen molar-refractivity contribution in [3.05, 3.63) is 38.8 Å². The molecular weight excluding hydrogens is 318 g/mol. The number of methoxy groups -OCH3 is 1. The Kier molecular flexibility index (Phi) is 4.57. The van der Waals surface area contributed by atoms with E-state index in [1.54, 1.807) is 24.9 Å². The summed E-state index contributed by atoms with van der Waals surface area (Å²) < 4.78 is 11.7. The Morgan fingerprint density at radius 1 is 1.44 bits per heavy atom. The average molecular weight is 330 g/mol. The molecule has 0 radical (unpaired) electrons. The number of aliphatic hydroxyl groups is 1. The molecule has 2 aromatic rings. The lowest BCUT2D eigenvalue weighted by atomic mass is 10.2. The van der Waals surface area contributed by atoms with Gasteiger partial charge in [-0.25, -0.2) is 0 Å². The number of hydrogen-bond acceptors (Lipinski definition) is 5. The van der Waals surface area contributed by atoms with Gasteiger partial charge in [0.15, 0.2) is 11.5 Å². The van der Waals surface area contributed by atoms with Crippen LogP contribution in [0.1, 0.15) is 10.4 Å². The fraction of sp³-hybridized carbons (Fsp3) is 0.250. The molecule has 0 saturated carbocycles. The Labute approximate surface area is 117 Å². The van der Waals surface area contributed by atoms with Gasteiger partial charge >= 0.3 is 0 Å². The zero-order valence-corrected chi connectivity index (χ0v) is 12.1. The lowest BCUT2D eigenvalue weighted by Crippen LogP contribution is -1.98. The zero-order valence-electron chi connectivity index (χ0n) is 9.72. The molecule has 4 nitrogen and oxygen atoms in total. The molecule has 0 fully saturated rings. The number of ether oxygens (including phenoxy) is 2. The highest BCUT2D eigenvalue weighted by atomic mass is 79.9. The molecule has 0 unspecified atom stereocenters. The topological polar surface area (TPSA) is 51.6 Å². The third-order valence-electron chi connectivity index (χ3n) is 2.31. The summed E-state index contributed by atoms with van der Waals surface area (Å²) >= 11 is 4.95. The molecule has 0 aliphatic carbocycles. The van der Waals surface area contributed by atoms with Crippen molar-refractivity contribution in [2.45, 2.75) is 13.2 Å². The van der Waals surface area contributed by atoms with Gasteiger partial charge in [-0.1, -0.05) is 0 Å². The lowest BCUT2D eigenvalue weighted by Gasteiger charge is -2.13. The van der Waals surface area contributed by atoms with Gasteiger partial charge in [0.05, 0.1) is 28.6 Å². The second-order valence-electron chi connectivity index (χ2n) is 3.52. The van der Waals surface area contributed by atoms with E-state index in [9.17, 15) is 0 Å². The van der Waals surface area contributed by atoms with E-state index in [4.69, 9.17) is 14.6 Å². The maximum Gasteiger partial charge on any atom is 0.175 e. The molecule has 0 aliphatic heterocycles. The number of benzene rings is 1. The van der Waals surface area contributed by atoms with E-state index in [1.165, 1.54) is 11.3 Å². The standard InChI is InChI=1S/C12H12BrNO3S/c1-16-11-3-8(5-15)2-10(13)12(11)17-6-9-4-14-7-18-9/h2-4,7,15H,5-6H2,1H3.